The Balaban J connectivity index is 1.81. The van der Waals surface area contributed by atoms with Crippen molar-refractivity contribution >= 4 is 28.2 Å². The van der Waals surface area contributed by atoms with Crippen LogP contribution in [0.3, 0.4) is 0 Å². The highest BCUT2D eigenvalue weighted by Crippen LogP contribution is 2.44. The fraction of sp³-hybridized carbons (Fsp3) is 0.333. The zero-order chi connectivity index (χ0) is 18.8. The first-order chi connectivity index (χ1) is 13.0. The summed E-state index contributed by atoms with van der Waals surface area (Å²) in [6, 6.07) is 12.2. The van der Waals surface area contributed by atoms with Crippen LogP contribution in [-0.2, 0) is 5.41 Å². The summed E-state index contributed by atoms with van der Waals surface area (Å²) in [7, 11) is 0. The molecule has 1 aromatic heterocycles. The van der Waals surface area contributed by atoms with Gasteiger partial charge >= 0.3 is 0 Å². The van der Waals surface area contributed by atoms with Crippen LogP contribution >= 0.6 is 11.6 Å². The predicted octanol–water partition coefficient (Wildman–Crippen LogP) is 3.09. The smallest absolute Gasteiger partial charge is 0.282 e. The van der Waals surface area contributed by atoms with Crippen LogP contribution in [0.5, 0.6) is 0 Å². The fourth-order valence-electron chi connectivity index (χ4n) is 4.36. The Morgan fingerprint density at radius 1 is 1.15 bits per heavy atom. The van der Waals surface area contributed by atoms with E-state index >= 15 is 0 Å². The number of aromatic nitrogens is 2. The number of nitrogens with one attached hydrogen (secondary N) is 1. The molecule has 5 rings (SSSR count). The van der Waals surface area contributed by atoms with E-state index in [9.17, 15) is 4.79 Å². The molecule has 6 heteroatoms. The van der Waals surface area contributed by atoms with Gasteiger partial charge in [0.25, 0.3) is 5.56 Å². The van der Waals surface area contributed by atoms with Gasteiger partial charge in [-0.15, -0.1) is 0 Å². The van der Waals surface area contributed by atoms with Crippen LogP contribution in [0.1, 0.15) is 25.2 Å². The third-order valence-corrected chi connectivity index (χ3v) is 6.12. The number of hydrogen-bond acceptors (Lipinski definition) is 4. The maximum Gasteiger partial charge on any atom is 0.282 e. The van der Waals surface area contributed by atoms with Crippen molar-refractivity contribution in [1.29, 1.82) is 0 Å². The second-order valence-electron chi connectivity index (χ2n) is 7.77. The van der Waals surface area contributed by atoms with Crippen molar-refractivity contribution in [2.24, 2.45) is 0 Å². The molecule has 0 bridgehead atoms. The van der Waals surface area contributed by atoms with Crippen LogP contribution in [-0.4, -0.2) is 35.7 Å². The third kappa shape index (κ3) is 2.35. The van der Waals surface area contributed by atoms with Crippen molar-refractivity contribution in [2.75, 3.05) is 31.1 Å². The Labute approximate surface area is 162 Å². The van der Waals surface area contributed by atoms with E-state index in [1.807, 2.05) is 12.1 Å². The first-order valence-corrected chi connectivity index (χ1v) is 9.68. The summed E-state index contributed by atoms with van der Waals surface area (Å²) in [6.07, 6.45) is 0. The third-order valence-electron chi connectivity index (χ3n) is 5.80. The highest BCUT2D eigenvalue weighted by Gasteiger charge is 2.39. The number of hydrogen-bond donors (Lipinski definition) is 1. The van der Waals surface area contributed by atoms with Crippen molar-refractivity contribution in [2.45, 2.75) is 19.3 Å². The van der Waals surface area contributed by atoms with Crippen LogP contribution in [0.25, 0.3) is 16.6 Å². The number of anilines is 1. The lowest BCUT2D eigenvalue weighted by atomic mass is 9.85. The molecular weight excluding hydrogens is 360 g/mol. The SMILES string of the molecule is CC1(C)c2ccc(N3CCNCC3)cc2-n2c1nc(=O)c1c(Cl)cccc12. The van der Waals surface area contributed by atoms with Gasteiger partial charge in [-0.2, -0.15) is 4.98 Å². The van der Waals surface area contributed by atoms with Crippen molar-refractivity contribution < 1.29 is 0 Å². The lowest BCUT2D eigenvalue weighted by Crippen LogP contribution is -2.43. The van der Waals surface area contributed by atoms with Crippen LogP contribution in [0.2, 0.25) is 5.02 Å². The molecule has 2 aliphatic rings. The molecule has 0 atom stereocenters. The molecule has 0 radical (unpaired) electrons. The molecule has 1 saturated heterocycles. The fourth-order valence-corrected chi connectivity index (χ4v) is 4.61. The highest BCUT2D eigenvalue weighted by molar-refractivity contribution is 6.35. The van der Waals surface area contributed by atoms with Crippen LogP contribution in [0.4, 0.5) is 5.69 Å². The summed E-state index contributed by atoms with van der Waals surface area (Å²) in [5, 5.41) is 4.33. The van der Waals surface area contributed by atoms with Crippen molar-refractivity contribution in [3.05, 3.63) is 63.2 Å². The summed E-state index contributed by atoms with van der Waals surface area (Å²) in [6.45, 7) is 8.21. The van der Waals surface area contributed by atoms with E-state index in [0.29, 0.717) is 10.4 Å². The molecule has 1 fully saturated rings. The lowest BCUT2D eigenvalue weighted by molar-refractivity contribution is 0.589. The summed E-state index contributed by atoms with van der Waals surface area (Å²) in [4.78, 5) is 19.5. The average Bonchev–Trinajstić information content (AvgIpc) is 2.89. The van der Waals surface area contributed by atoms with Gasteiger partial charge in [0.05, 0.1) is 27.0 Å². The van der Waals surface area contributed by atoms with Gasteiger partial charge in [0.1, 0.15) is 5.82 Å². The molecule has 0 saturated carbocycles. The summed E-state index contributed by atoms with van der Waals surface area (Å²) < 4.78 is 2.11. The Morgan fingerprint density at radius 3 is 2.70 bits per heavy atom. The number of fused-ring (bicyclic) bond motifs is 5. The molecule has 27 heavy (non-hydrogen) atoms. The number of halogens is 1. The van der Waals surface area contributed by atoms with E-state index in [2.05, 4.69) is 51.8 Å². The maximum atomic E-state index is 12.7. The molecule has 0 amide bonds. The molecule has 138 valence electrons. The molecule has 2 aromatic carbocycles. The van der Waals surface area contributed by atoms with Gasteiger partial charge < -0.3 is 10.2 Å². The topological polar surface area (TPSA) is 50.2 Å². The van der Waals surface area contributed by atoms with Crippen molar-refractivity contribution in [1.82, 2.24) is 14.9 Å². The largest absolute Gasteiger partial charge is 0.369 e. The summed E-state index contributed by atoms with van der Waals surface area (Å²) in [5.74, 6) is 0.773. The number of benzene rings is 2. The van der Waals surface area contributed by atoms with Crippen LogP contribution in [0.15, 0.2) is 41.2 Å². The Hall–Kier alpha value is -2.37. The molecule has 3 heterocycles. The second kappa shape index (κ2) is 5.81. The van der Waals surface area contributed by atoms with Gasteiger partial charge in [0.2, 0.25) is 0 Å². The van der Waals surface area contributed by atoms with E-state index in [-0.39, 0.29) is 11.0 Å². The zero-order valence-corrected chi connectivity index (χ0v) is 16.2. The monoisotopic (exact) mass is 380 g/mol. The molecule has 0 unspecified atom stereocenters. The molecular formula is C21H21ClN4O. The van der Waals surface area contributed by atoms with Gasteiger partial charge in [-0.1, -0.05) is 23.7 Å². The van der Waals surface area contributed by atoms with E-state index in [1.165, 1.54) is 11.3 Å². The summed E-state index contributed by atoms with van der Waals surface area (Å²) >= 11 is 6.35. The number of piperazine rings is 1. The standard InChI is InChI=1S/C21H21ClN4O/c1-21(2)14-7-6-13(25-10-8-23-9-11-25)12-17(14)26-16-5-3-4-15(22)18(16)19(27)24-20(21)26/h3-7,12,23H,8-11H2,1-2H3. The van der Waals surface area contributed by atoms with E-state index in [1.54, 1.807) is 6.07 Å². The van der Waals surface area contributed by atoms with Gasteiger partial charge in [0.15, 0.2) is 0 Å². The van der Waals surface area contributed by atoms with Crippen LogP contribution < -0.4 is 15.8 Å². The van der Waals surface area contributed by atoms with Crippen LogP contribution in [0, 0.1) is 0 Å². The lowest BCUT2D eigenvalue weighted by Gasteiger charge is -2.30. The quantitative estimate of drug-likeness (QED) is 0.704. The molecule has 3 aromatic rings. The minimum Gasteiger partial charge on any atom is -0.369 e. The summed E-state index contributed by atoms with van der Waals surface area (Å²) in [5.41, 5.74) is 3.69. The highest BCUT2D eigenvalue weighted by atomic mass is 35.5. The zero-order valence-electron chi connectivity index (χ0n) is 15.4. The molecule has 0 aliphatic carbocycles. The minimum absolute atomic E-state index is 0.259. The first kappa shape index (κ1) is 16.8. The van der Waals surface area contributed by atoms with Crippen molar-refractivity contribution in [3.63, 3.8) is 0 Å². The van der Waals surface area contributed by atoms with Gasteiger partial charge in [-0.25, -0.2) is 0 Å². The normalized spacial score (nSPS) is 17.8. The van der Waals surface area contributed by atoms with Gasteiger partial charge in [0, 0.05) is 31.9 Å². The van der Waals surface area contributed by atoms with Crippen molar-refractivity contribution in [3.8, 4) is 5.69 Å². The second-order valence-corrected chi connectivity index (χ2v) is 8.18. The van der Waals surface area contributed by atoms with E-state index in [0.717, 1.165) is 43.2 Å². The first-order valence-electron chi connectivity index (χ1n) is 9.31. The molecule has 5 nitrogen and oxygen atoms in total. The Morgan fingerprint density at radius 2 is 1.93 bits per heavy atom. The number of rotatable bonds is 1. The molecule has 0 spiro atoms. The predicted molar refractivity (Wildman–Crippen MR) is 110 cm³/mol. The van der Waals surface area contributed by atoms with E-state index < -0.39 is 0 Å². The van der Waals surface area contributed by atoms with Gasteiger partial charge in [-0.05, 0) is 43.7 Å². The number of nitrogens with zero attached hydrogens (tertiary/aromatic N) is 3. The average molecular weight is 381 g/mol. The molecule has 1 N–H and O–H groups in total. The molecule has 2 aliphatic heterocycles. The Kier molecular flexibility index (Phi) is 3.61. The Bertz CT molecular complexity index is 1130. The van der Waals surface area contributed by atoms with E-state index in [4.69, 9.17) is 11.6 Å². The maximum absolute atomic E-state index is 12.7. The minimum atomic E-state index is -0.340. The van der Waals surface area contributed by atoms with Gasteiger partial charge in [-0.3, -0.25) is 9.36 Å².